The van der Waals surface area contributed by atoms with Gasteiger partial charge in [-0.25, -0.2) is 9.69 Å². The van der Waals surface area contributed by atoms with Crippen molar-refractivity contribution >= 4 is 29.4 Å². The first-order valence-corrected chi connectivity index (χ1v) is 10.6. The van der Waals surface area contributed by atoms with Crippen LogP contribution in [0.4, 0.5) is 10.5 Å². The van der Waals surface area contributed by atoms with Gasteiger partial charge in [-0.1, -0.05) is 26.0 Å². The summed E-state index contributed by atoms with van der Waals surface area (Å²) < 4.78 is 5.29. The highest BCUT2D eigenvalue weighted by molar-refractivity contribution is 7.98. The van der Waals surface area contributed by atoms with Crippen molar-refractivity contribution in [3.63, 3.8) is 0 Å². The average molecular weight is 399 g/mol. The molecule has 0 aromatic heterocycles. The van der Waals surface area contributed by atoms with E-state index in [2.05, 4.69) is 13.8 Å². The smallest absolute Gasteiger partial charge is 0.332 e. The summed E-state index contributed by atoms with van der Waals surface area (Å²) in [4.78, 5) is 30.5. The molecule has 0 unspecified atom stereocenters. The van der Waals surface area contributed by atoms with Gasteiger partial charge >= 0.3 is 6.03 Å². The Morgan fingerprint density at radius 3 is 2.43 bits per heavy atom. The van der Waals surface area contributed by atoms with Gasteiger partial charge < -0.3 is 9.64 Å². The predicted octanol–water partition coefficient (Wildman–Crippen LogP) is 4.80. The molecule has 1 aliphatic rings. The standard InChI is InChI=1S/C22H26N2O3S/c1-15(2)12-20-21(25)24(17-8-10-19(28-4)11-9-17)22(26)23(20)14-16-6-5-7-18(13-16)27-3/h5-11,13,15,20H,12,14H2,1-4H3/t20-/m0/s1. The zero-order valence-electron chi connectivity index (χ0n) is 16.7. The van der Waals surface area contributed by atoms with Gasteiger partial charge in [0.15, 0.2) is 0 Å². The molecule has 6 heteroatoms. The van der Waals surface area contributed by atoms with Crippen molar-refractivity contribution in [3.8, 4) is 5.75 Å². The van der Waals surface area contributed by atoms with Crippen molar-refractivity contribution in [2.24, 2.45) is 5.92 Å². The van der Waals surface area contributed by atoms with Gasteiger partial charge in [0.1, 0.15) is 11.8 Å². The van der Waals surface area contributed by atoms with Crippen LogP contribution in [-0.4, -0.2) is 36.2 Å². The normalized spacial score (nSPS) is 17.0. The predicted molar refractivity (Wildman–Crippen MR) is 113 cm³/mol. The summed E-state index contributed by atoms with van der Waals surface area (Å²) in [5.41, 5.74) is 1.56. The molecule has 2 aromatic carbocycles. The lowest BCUT2D eigenvalue weighted by molar-refractivity contribution is -0.120. The second kappa shape index (κ2) is 8.69. The fraction of sp³-hybridized carbons (Fsp3) is 0.364. The molecular weight excluding hydrogens is 372 g/mol. The minimum atomic E-state index is -0.459. The number of urea groups is 1. The quantitative estimate of drug-likeness (QED) is 0.496. The number of thioether (sulfide) groups is 1. The number of rotatable bonds is 7. The Kier molecular flexibility index (Phi) is 6.29. The van der Waals surface area contributed by atoms with Gasteiger partial charge in [-0.2, -0.15) is 0 Å². The summed E-state index contributed by atoms with van der Waals surface area (Å²) in [5.74, 6) is 0.882. The van der Waals surface area contributed by atoms with Crippen LogP contribution in [0.3, 0.4) is 0 Å². The number of hydrogen-bond acceptors (Lipinski definition) is 4. The molecule has 0 aliphatic carbocycles. The second-order valence-electron chi connectivity index (χ2n) is 7.28. The van der Waals surface area contributed by atoms with E-state index in [9.17, 15) is 9.59 Å². The number of nitrogens with zero attached hydrogens (tertiary/aromatic N) is 2. The Morgan fingerprint density at radius 1 is 1.11 bits per heavy atom. The van der Waals surface area contributed by atoms with Crippen molar-refractivity contribution in [1.82, 2.24) is 4.90 Å². The van der Waals surface area contributed by atoms with Crippen LogP contribution in [-0.2, 0) is 11.3 Å². The third-order valence-electron chi connectivity index (χ3n) is 4.83. The molecule has 0 radical (unpaired) electrons. The first kappa shape index (κ1) is 20.3. The van der Waals surface area contributed by atoms with E-state index < -0.39 is 6.04 Å². The first-order chi connectivity index (χ1) is 13.4. The number of amides is 3. The lowest BCUT2D eigenvalue weighted by Gasteiger charge is -2.23. The number of ether oxygens (including phenoxy) is 1. The summed E-state index contributed by atoms with van der Waals surface area (Å²) in [5, 5.41) is 0. The van der Waals surface area contributed by atoms with E-state index in [0.29, 0.717) is 24.6 Å². The molecule has 1 fully saturated rings. The number of anilines is 1. The summed E-state index contributed by atoms with van der Waals surface area (Å²) in [6.45, 7) is 4.51. The summed E-state index contributed by atoms with van der Waals surface area (Å²) in [6, 6.07) is 14.4. The van der Waals surface area contributed by atoms with E-state index in [1.165, 1.54) is 4.90 Å². The highest BCUT2D eigenvalue weighted by Crippen LogP contribution is 2.31. The third-order valence-corrected chi connectivity index (χ3v) is 5.57. The van der Waals surface area contributed by atoms with E-state index in [0.717, 1.165) is 16.2 Å². The van der Waals surface area contributed by atoms with Crippen molar-refractivity contribution in [3.05, 3.63) is 54.1 Å². The van der Waals surface area contributed by atoms with Crippen LogP contribution >= 0.6 is 11.8 Å². The van der Waals surface area contributed by atoms with Crippen LogP contribution in [0.1, 0.15) is 25.8 Å². The molecule has 2 aromatic rings. The molecule has 148 valence electrons. The molecule has 1 atom stereocenters. The summed E-state index contributed by atoms with van der Waals surface area (Å²) in [6.07, 6.45) is 2.63. The molecular formula is C22H26N2O3S. The van der Waals surface area contributed by atoms with E-state index >= 15 is 0 Å². The van der Waals surface area contributed by atoms with Gasteiger partial charge in [0.05, 0.1) is 12.8 Å². The molecule has 28 heavy (non-hydrogen) atoms. The monoisotopic (exact) mass is 398 g/mol. The van der Waals surface area contributed by atoms with Gasteiger partial charge in [0.2, 0.25) is 0 Å². The lowest BCUT2D eigenvalue weighted by atomic mass is 10.0. The summed E-state index contributed by atoms with van der Waals surface area (Å²) in [7, 11) is 1.62. The van der Waals surface area contributed by atoms with Gasteiger partial charge in [0, 0.05) is 11.4 Å². The minimum absolute atomic E-state index is 0.154. The molecule has 0 spiro atoms. The average Bonchev–Trinajstić information content (AvgIpc) is 2.92. The molecule has 5 nitrogen and oxygen atoms in total. The Labute approximate surface area is 170 Å². The topological polar surface area (TPSA) is 49.9 Å². The number of carbonyl (C=O) groups excluding carboxylic acids is 2. The van der Waals surface area contributed by atoms with Gasteiger partial charge in [0.25, 0.3) is 5.91 Å². The number of benzene rings is 2. The van der Waals surface area contributed by atoms with Crippen molar-refractivity contribution < 1.29 is 14.3 Å². The maximum atomic E-state index is 13.2. The fourth-order valence-electron chi connectivity index (χ4n) is 3.43. The van der Waals surface area contributed by atoms with Gasteiger partial charge in [-0.15, -0.1) is 11.8 Å². The van der Waals surface area contributed by atoms with Crippen LogP contribution in [0, 0.1) is 5.92 Å². The number of hydrogen-bond donors (Lipinski definition) is 0. The molecule has 0 N–H and O–H groups in total. The van der Waals surface area contributed by atoms with Crippen molar-refractivity contribution in [2.75, 3.05) is 18.3 Å². The van der Waals surface area contributed by atoms with E-state index in [1.807, 2.05) is 54.8 Å². The largest absolute Gasteiger partial charge is 0.497 e. The number of carbonyl (C=O) groups is 2. The third kappa shape index (κ3) is 4.17. The maximum absolute atomic E-state index is 13.2. The van der Waals surface area contributed by atoms with Crippen LogP contribution < -0.4 is 9.64 Å². The lowest BCUT2D eigenvalue weighted by Crippen LogP contribution is -2.35. The molecule has 0 bridgehead atoms. The van der Waals surface area contributed by atoms with Crippen LogP contribution in [0.2, 0.25) is 0 Å². The van der Waals surface area contributed by atoms with Crippen LogP contribution in [0.15, 0.2) is 53.4 Å². The zero-order valence-corrected chi connectivity index (χ0v) is 17.5. The van der Waals surface area contributed by atoms with Crippen LogP contribution in [0.25, 0.3) is 0 Å². The Morgan fingerprint density at radius 2 is 1.82 bits per heavy atom. The molecule has 3 amide bonds. The van der Waals surface area contributed by atoms with E-state index in [4.69, 9.17) is 4.74 Å². The zero-order chi connectivity index (χ0) is 20.3. The highest BCUT2D eigenvalue weighted by Gasteiger charge is 2.45. The number of methoxy groups -OCH3 is 1. The molecule has 1 heterocycles. The molecule has 1 aliphatic heterocycles. The first-order valence-electron chi connectivity index (χ1n) is 9.36. The molecule has 3 rings (SSSR count). The van der Waals surface area contributed by atoms with Gasteiger partial charge in [-0.05, 0) is 60.6 Å². The van der Waals surface area contributed by atoms with E-state index in [-0.39, 0.29) is 11.9 Å². The summed E-state index contributed by atoms with van der Waals surface area (Å²) >= 11 is 1.63. The Balaban J connectivity index is 1.91. The van der Waals surface area contributed by atoms with Crippen molar-refractivity contribution in [2.45, 2.75) is 37.8 Å². The van der Waals surface area contributed by atoms with Crippen molar-refractivity contribution in [1.29, 1.82) is 0 Å². The Bertz CT molecular complexity index is 851. The Hall–Kier alpha value is -2.47. The maximum Gasteiger partial charge on any atom is 0.332 e. The minimum Gasteiger partial charge on any atom is -0.497 e. The molecule has 0 saturated carbocycles. The van der Waals surface area contributed by atoms with E-state index in [1.54, 1.807) is 23.8 Å². The second-order valence-corrected chi connectivity index (χ2v) is 8.16. The number of imide groups is 1. The van der Waals surface area contributed by atoms with Gasteiger partial charge in [-0.3, -0.25) is 4.79 Å². The SMILES string of the molecule is COc1cccc(CN2C(=O)N(c3ccc(SC)cc3)C(=O)[C@@H]2CC(C)C)c1. The highest BCUT2D eigenvalue weighted by atomic mass is 32.2. The molecule has 1 saturated heterocycles. The fourth-order valence-corrected chi connectivity index (χ4v) is 3.84. The van der Waals surface area contributed by atoms with Crippen LogP contribution in [0.5, 0.6) is 5.75 Å².